The minimum atomic E-state index is -3.61. The van der Waals surface area contributed by atoms with E-state index in [1.54, 1.807) is 11.3 Å². The van der Waals surface area contributed by atoms with Gasteiger partial charge in [0, 0.05) is 17.3 Å². The van der Waals surface area contributed by atoms with Gasteiger partial charge in [0.15, 0.2) is 0 Å². The molecule has 22 heavy (non-hydrogen) atoms. The van der Waals surface area contributed by atoms with E-state index in [1.165, 1.54) is 24.5 Å². The molecule has 0 saturated carbocycles. The highest BCUT2D eigenvalue weighted by molar-refractivity contribution is 7.92. The second-order valence-corrected chi connectivity index (χ2v) is 7.43. The Hall–Kier alpha value is -2.18. The van der Waals surface area contributed by atoms with Gasteiger partial charge in [0.05, 0.1) is 10.6 Å². The lowest BCUT2D eigenvalue weighted by Crippen LogP contribution is -2.13. The van der Waals surface area contributed by atoms with Gasteiger partial charge in [-0.1, -0.05) is 18.2 Å². The van der Waals surface area contributed by atoms with Gasteiger partial charge in [-0.05, 0) is 47.7 Å². The normalized spacial score (nSPS) is 11.3. The standard InChI is InChI=1S/C16H14N2O2S2/c1-12-4-5-13(16-3-2-10-21-16)11-15(12)18-22(19,20)14-6-8-17-9-7-14/h2-11,18H,1H3. The number of hydrogen-bond acceptors (Lipinski definition) is 4. The van der Waals surface area contributed by atoms with Crippen LogP contribution >= 0.6 is 11.3 Å². The van der Waals surface area contributed by atoms with Crippen molar-refractivity contribution in [1.29, 1.82) is 0 Å². The summed E-state index contributed by atoms with van der Waals surface area (Å²) in [5.41, 5.74) is 2.45. The molecule has 0 atom stereocenters. The second kappa shape index (κ2) is 5.90. The topological polar surface area (TPSA) is 59.1 Å². The molecular weight excluding hydrogens is 316 g/mol. The van der Waals surface area contributed by atoms with E-state index >= 15 is 0 Å². The Kier molecular flexibility index (Phi) is 3.96. The summed E-state index contributed by atoms with van der Waals surface area (Å²) in [4.78, 5) is 5.14. The highest BCUT2D eigenvalue weighted by Gasteiger charge is 2.15. The molecule has 0 aliphatic carbocycles. The van der Waals surface area contributed by atoms with Crippen LogP contribution < -0.4 is 4.72 Å². The molecule has 2 aromatic heterocycles. The van der Waals surface area contributed by atoms with Crippen LogP contribution in [0.5, 0.6) is 0 Å². The first kappa shape index (κ1) is 14.7. The second-order valence-electron chi connectivity index (χ2n) is 4.80. The highest BCUT2D eigenvalue weighted by Crippen LogP contribution is 2.29. The smallest absolute Gasteiger partial charge is 0.262 e. The lowest BCUT2D eigenvalue weighted by Gasteiger charge is -2.12. The first-order valence-corrected chi connectivity index (χ1v) is 9.00. The summed E-state index contributed by atoms with van der Waals surface area (Å²) in [5.74, 6) is 0. The van der Waals surface area contributed by atoms with E-state index < -0.39 is 10.0 Å². The minimum Gasteiger partial charge on any atom is -0.279 e. The number of nitrogens with zero attached hydrogens (tertiary/aromatic N) is 1. The van der Waals surface area contributed by atoms with Gasteiger partial charge in [0.2, 0.25) is 0 Å². The first-order valence-electron chi connectivity index (χ1n) is 6.64. The van der Waals surface area contributed by atoms with E-state index in [0.717, 1.165) is 16.0 Å². The van der Waals surface area contributed by atoms with Gasteiger partial charge in [-0.3, -0.25) is 9.71 Å². The van der Waals surface area contributed by atoms with Crippen molar-refractivity contribution in [3.63, 3.8) is 0 Å². The lowest BCUT2D eigenvalue weighted by molar-refractivity contribution is 0.601. The van der Waals surface area contributed by atoms with Gasteiger partial charge in [-0.15, -0.1) is 11.3 Å². The summed E-state index contributed by atoms with van der Waals surface area (Å²) in [6.07, 6.45) is 2.92. The number of anilines is 1. The number of nitrogens with one attached hydrogen (secondary N) is 1. The molecule has 0 aliphatic rings. The van der Waals surface area contributed by atoms with Crippen molar-refractivity contribution in [2.75, 3.05) is 4.72 Å². The fourth-order valence-electron chi connectivity index (χ4n) is 2.05. The van der Waals surface area contributed by atoms with Crippen LogP contribution in [0.15, 0.2) is 65.1 Å². The maximum Gasteiger partial charge on any atom is 0.262 e. The molecule has 0 unspecified atom stereocenters. The van der Waals surface area contributed by atoms with Crippen molar-refractivity contribution in [3.8, 4) is 10.4 Å². The monoisotopic (exact) mass is 330 g/mol. The van der Waals surface area contributed by atoms with E-state index in [2.05, 4.69) is 9.71 Å². The average molecular weight is 330 g/mol. The maximum atomic E-state index is 12.4. The van der Waals surface area contributed by atoms with E-state index in [9.17, 15) is 8.42 Å². The van der Waals surface area contributed by atoms with Crippen LogP contribution in [0.1, 0.15) is 5.56 Å². The Labute approximate surface area is 133 Å². The molecule has 1 aromatic carbocycles. The third-order valence-electron chi connectivity index (χ3n) is 3.25. The number of hydrogen-bond donors (Lipinski definition) is 1. The number of thiophene rings is 1. The summed E-state index contributed by atoms with van der Waals surface area (Å²) in [5, 5.41) is 2.00. The predicted molar refractivity (Wildman–Crippen MR) is 89.5 cm³/mol. The first-order chi connectivity index (χ1) is 10.6. The Morgan fingerprint density at radius 3 is 2.55 bits per heavy atom. The van der Waals surface area contributed by atoms with Crippen LogP contribution in [0, 0.1) is 6.92 Å². The molecule has 1 N–H and O–H groups in total. The molecule has 0 amide bonds. The summed E-state index contributed by atoms with van der Waals surface area (Å²) in [7, 11) is -3.61. The molecule has 0 fully saturated rings. The minimum absolute atomic E-state index is 0.198. The van der Waals surface area contributed by atoms with Crippen molar-refractivity contribution in [1.82, 2.24) is 4.98 Å². The van der Waals surface area contributed by atoms with Crippen LogP contribution in [-0.4, -0.2) is 13.4 Å². The van der Waals surface area contributed by atoms with E-state index in [0.29, 0.717) is 5.69 Å². The summed E-state index contributed by atoms with van der Waals surface area (Å²) < 4.78 is 27.5. The third kappa shape index (κ3) is 3.03. The molecule has 0 aliphatic heterocycles. The molecule has 3 aromatic rings. The van der Waals surface area contributed by atoms with Gasteiger partial charge in [0.1, 0.15) is 0 Å². The zero-order valence-corrected chi connectivity index (χ0v) is 13.5. The molecule has 0 bridgehead atoms. The zero-order valence-electron chi connectivity index (χ0n) is 11.9. The SMILES string of the molecule is Cc1ccc(-c2cccs2)cc1NS(=O)(=O)c1ccncc1. The van der Waals surface area contributed by atoms with Crippen molar-refractivity contribution in [3.05, 3.63) is 65.8 Å². The molecule has 0 saturated heterocycles. The van der Waals surface area contributed by atoms with Gasteiger partial charge < -0.3 is 0 Å². The lowest BCUT2D eigenvalue weighted by atomic mass is 10.1. The Morgan fingerprint density at radius 2 is 1.86 bits per heavy atom. The highest BCUT2D eigenvalue weighted by atomic mass is 32.2. The van der Waals surface area contributed by atoms with Crippen molar-refractivity contribution >= 4 is 27.0 Å². The number of pyridine rings is 1. The molecular formula is C16H14N2O2S2. The van der Waals surface area contributed by atoms with Gasteiger partial charge in [0.25, 0.3) is 10.0 Å². The number of sulfonamides is 1. The number of benzene rings is 1. The third-order valence-corrected chi connectivity index (χ3v) is 5.55. The maximum absolute atomic E-state index is 12.4. The van der Waals surface area contributed by atoms with Gasteiger partial charge in [-0.2, -0.15) is 0 Å². The Balaban J connectivity index is 1.97. The molecule has 112 valence electrons. The van der Waals surface area contributed by atoms with Crippen LogP contribution in [0.2, 0.25) is 0 Å². The van der Waals surface area contributed by atoms with E-state index in [4.69, 9.17) is 0 Å². The summed E-state index contributed by atoms with van der Waals surface area (Å²) in [6.45, 7) is 1.88. The predicted octanol–water partition coefficient (Wildman–Crippen LogP) is 3.92. The number of rotatable bonds is 4. The molecule has 3 rings (SSSR count). The fraction of sp³-hybridized carbons (Fsp3) is 0.0625. The van der Waals surface area contributed by atoms with Crippen LogP contribution in [-0.2, 0) is 10.0 Å². The zero-order chi connectivity index (χ0) is 15.6. The van der Waals surface area contributed by atoms with Crippen molar-refractivity contribution in [2.24, 2.45) is 0 Å². The van der Waals surface area contributed by atoms with Crippen LogP contribution in [0.4, 0.5) is 5.69 Å². The van der Waals surface area contributed by atoms with E-state index in [1.807, 2.05) is 42.6 Å². The quantitative estimate of drug-likeness (QED) is 0.789. The van der Waals surface area contributed by atoms with Gasteiger partial charge in [-0.25, -0.2) is 8.42 Å². The number of aryl methyl sites for hydroxylation is 1. The van der Waals surface area contributed by atoms with Crippen molar-refractivity contribution in [2.45, 2.75) is 11.8 Å². The van der Waals surface area contributed by atoms with Gasteiger partial charge >= 0.3 is 0 Å². The average Bonchev–Trinajstić information content (AvgIpc) is 3.04. The Morgan fingerprint density at radius 1 is 1.09 bits per heavy atom. The molecule has 2 heterocycles. The summed E-state index contributed by atoms with van der Waals surface area (Å²) in [6, 6.07) is 12.7. The largest absolute Gasteiger partial charge is 0.279 e. The van der Waals surface area contributed by atoms with Crippen molar-refractivity contribution < 1.29 is 8.42 Å². The number of aromatic nitrogens is 1. The van der Waals surface area contributed by atoms with E-state index in [-0.39, 0.29) is 4.90 Å². The Bertz CT molecular complexity index is 874. The molecule has 0 spiro atoms. The molecule has 0 radical (unpaired) electrons. The molecule has 4 nitrogen and oxygen atoms in total. The fourth-order valence-corrected chi connectivity index (χ4v) is 3.88. The summed E-state index contributed by atoms with van der Waals surface area (Å²) >= 11 is 1.62. The van der Waals surface area contributed by atoms with Crippen LogP contribution in [0.25, 0.3) is 10.4 Å². The van der Waals surface area contributed by atoms with Crippen LogP contribution in [0.3, 0.4) is 0 Å². The molecule has 6 heteroatoms.